The molecule has 1 fully saturated rings. The van der Waals surface area contributed by atoms with E-state index in [1.54, 1.807) is 18.2 Å². The Morgan fingerprint density at radius 3 is 2.59 bits per heavy atom. The van der Waals surface area contributed by atoms with Crippen LogP contribution in [0.15, 0.2) is 30.5 Å². The average Bonchev–Trinajstić information content (AvgIpc) is 2.44. The lowest BCUT2D eigenvalue weighted by Gasteiger charge is -2.32. The molecule has 0 unspecified atom stereocenters. The maximum Gasteiger partial charge on any atom is 0.418 e. The van der Waals surface area contributed by atoms with E-state index in [9.17, 15) is 13.2 Å². The molecule has 0 amide bonds. The summed E-state index contributed by atoms with van der Waals surface area (Å²) in [4.78, 5) is 3.99. The van der Waals surface area contributed by atoms with E-state index in [1.807, 2.05) is 0 Å². The lowest BCUT2D eigenvalue weighted by Crippen LogP contribution is -2.31. The monoisotopic (exact) mass is 308 g/mol. The van der Waals surface area contributed by atoms with Gasteiger partial charge >= 0.3 is 6.18 Å². The molecule has 2 nitrogen and oxygen atoms in total. The number of alkyl halides is 3. The Kier molecular flexibility index (Phi) is 3.85. The van der Waals surface area contributed by atoms with Crippen molar-refractivity contribution < 1.29 is 13.2 Å². The molecule has 3 rings (SSSR count). The van der Waals surface area contributed by atoms with Crippen molar-refractivity contribution in [3.05, 3.63) is 41.6 Å². The summed E-state index contributed by atoms with van der Waals surface area (Å²) in [6.45, 7) is 2.15. The zero-order valence-electron chi connectivity index (χ0n) is 12.4. The van der Waals surface area contributed by atoms with Gasteiger partial charge in [-0.1, -0.05) is 19.1 Å². The molecule has 3 atom stereocenters. The highest BCUT2D eigenvalue weighted by Gasteiger charge is 2.35. The molecule has 118 valence electrons. The highest BCUT2D eigenvalue weighted by molar-refractivity contribution is 5.86. The second-order valence-electron chi connectivity index (χ2n) is 6.37. The fraction of sp³-hybridized carbons (Fsp3) is 0.471. The molecule has 2 aromatic rings. The van der Waals surface area contributed by atoms with E-state index in [0.717, 1.165) is 30.9 Å². The first-order chi connectivity index (χ1) is 10.4. The number of hydrogen-bond donors (Lipinski definition) is 1. The van der Waals surface area contributed by atoms with Gasteiger partial charge in [0.2, 0.25) is 0 Å². The largest absolute Gasteiger partial charge is 0.418 e. The molecular weight excluding hydrogens is 289 g/mol. The van der Waals surface area contributed by atoms with Gasteiger partial charge in [-0.15, -0.1) is 0 Å². The number of fused-ring (bicyclic) bond motifs is 1. The predicted octanol–water partition coefficient (Wildman–Crippen LogP) is 4.48. The van der Waals surface area contributed by atoms with E-state index in [0.29, 0.717) is 11.3 Å². The third kappa shape index (κ3) is 2.82. The Morgan fingerprint density at radius 2 is 1.91 bits per heavy atom. The molecule has 1 aliphatic carbocycles. The summed E-state index contributed by atoms with van der Waals surface area (Å²) in [6, 6.07) is 6.32. The van der Waals surface area contributed by atoms with Crippen molar-refractivity contribution in [2.24, 2.45) is 11.7 Å². The van der Waals surface area contributed by atoms with Crippen LogP contribution in [0.25, 0.3) is 10.9 Å². The van der Waals surface area contributed by atoms with Crippen LogP contribution in [0, 0.1) is 5.92 Å². The Morgan fingerprint density at radius 1 is 1.14 bits per heavy atom. The number of nitrogens with zero attached hydrogens (tertiary/aromatic N) is 1. The van der Waals surface area contributed by atoms with Gasteiger partial charge in [0, 0.05) is 17.6 Å². The normalized spacial score (nSPS) is 26.3. The Hall–Kier alpha value is -1.62. The number of hydrogen-bond acceptors (Lipinski definition) is 2. The van der Waals surface area contributed by atoms with Gasteiger partial charge in [0.1, 0.15) is 0 Å². The van der Waals surface area contributed by atoms with Crippen LogP contribution in [0.5, 0.6) is 0 Å². The molecule has 22 heavy (non-hydrogen) atoms. The lowest BCUT2D eigenvalue weighted by atomic mass is 9.75. The lowest BCUT2D eigenvalue weighted by molar-refractivity contribution is -0.136. The van der Waals surface area contributed by atoms with E-state index in [1.165, 1.54) is 6.20 Å². The first-order valence-electron chi connectivity index (χ1n) is 7.56. The molecular formula is C17H19F3N2. The van der Waals surface area contributed by atoms with Crippen molar-refractivity contribution in [2.75, 3.05) is 0 Å². The number of aromatic nitrogens is 1. The SMILES string of the molecule is C[C@H]1C[C@@H](N)C[C@@H](c2ccc(C(F)(F)F)c3ncccc23)C1. The first-order valence-corrected chi connectivity index (χ1v) is 7.56. The van der Waals surface area contributed by atoms with Crippen molar-refractivity contribution in [3.8, 4) is 0 Å². The number of rotatable bonds is 1. The van der Waals surface area contributed by atoms with Gasteiger partial charge in [-0.05, 0) is 48.8 Å². The van der Waals surface area contributed by atoms with Crippen LogP contribution in [-0.2, 0) is 6.18 Å². The summed E-state index contributed by atoms with van der Waals surface area (Å²) in [6.07, 6.45) is -0.214. The van der Waals surface area contributed by atoms with E-state index in [2.05, 4.69) is 11.9 Å². The van der Waals surface area contributed by atoms with Gasteiger partial charge in [0.25, 0.3) is 0 Å². The van der Waals surface area contributed by atoms with Gasteiger partial charge in [-0.25, -0.2) is 0 Å². The minimum Gasteiger partial charge on any atom is -0.328 e. The topological polar surface area (TPSA) is 38.9 Å². The maximum absolute atomic E-state index is 13.2. The van der Waals surface area contributed by atoms with E-state index < -0.39 is 11.7 Å². The Labute approximate surface area is 127 Å². The van der Waals surface area contributed by atoms with Crippen molar-refractivity contribution in [1.29, 1.82) is 0 Å². The Bertz CT molecular complexity index is 671. The van der Waals surface area contributed by atoms with Gasteiger partial charge in [0.05, 0.1) is 11.1 Å². The molecule has 1 aromatic heterocycles. The molecule has 0 saturated heterocycles. The third-order valence-electron chi connectivity index (χ3n) is 4.53. The molecule has 2 N–H and O–H groups in total. The molecule has 0 radical (unpaired) electrons. The minimum absolute atomic E-state index is 0.0410. The first kappa shape index (κ1) is 15.3. The zero-order chi connectivity index (χ0) is 15.9. The van der Waals surface area contributed by atoms with Gasteiger partial charge in [-0.2, -0.15) is 13.2 Å². The quantitative estimate of drug-likeness (QED) is 0.843. The van der Waals surface area contributed by atoms with Gasteiger partial charge in [0.15, 0.2) is 0 Å². The Balaban J connectivity index is 2.12. The van der Waals surface area contributed by atoms with Gasteiger partial charge < -0.3 is 5.73 Å². The smallest absolute Gasteiger partial charge is 0.328 e. The van der Waals surface area contributed by atoms with Crippen LogP contribution in [0.4, 0.5) is 13.2 Å². The van der Waals surface area contributed by atoms with Crippen molar-refractivity contribution in [3.63, 3.8) is 0 Å². The molecule has 5 heteroatoms. The minimum atomic E-state index is -4.39. The van der Waals surface area contributed by atoms with Crippen molar-refractivity contribution in [2.45, 2.75) is 44.3 Å². The predicted molar refractivity (Wildman–Crippen MR) is 80.5 cm³/mol. The van der Waals surface area contributed by atoms with E-state index in [4.69, 9.17) is 5.73 Å². The number of halogens is 3. The summed E-state index contributed by atoms with van der Waals surface area (Å²) in [5, 5.41) is 0.601. The highest BCUT2D eigenvalue weighted by Crippen LogP contribution is 2.41. The van der Waals surface area contributed by atoms with Crippen LogP contribution < -0.4 is 5.73 Å². The third-order valence-corrected chi connectivity index (χ3v) is 4.53. The maximum atomic E-state index is 13.2. The summed E-state index contributed by atoms with van der Waals surface area (Å²) >= 11 is 0. The zero-order valence-corrected chi connectivity index (χ0v) is 12.4. The molecule has 0 spiro atoms. The standard InChI is InChI=1S/C17H19F3N2/c1-10-7-11(9-12(21)8-10)13-4-5-15(17(18,19)20)16-14(13)3-2-6-22-16/h2-6,10-12H,7-9,21H2,1H3/t10-,11+,12-/m1/s1. The summed E-state index contributed by atoms with van der Waals surface area (Å²) in [5.41, 5.74) is 6.42. The second kappa shape index (κ2) is 5.54. The molecule has 0 bridgehead atoms. The fourth-order valence-electron chi connectivity index (χ4n) is 3.69. The molecule has 0 aliphatic heterocycles. The molecule has 1 aliphatic rings. The van der Waals surface area contributed by atoms with E-state index >= 15 is 0 Å². The molecule has 1 heterocycles. The van der Waals surface area contributed by atoms with Crippen LogP contribution >= 0.6 is 0 Å². The van der Waals surface area contributed by atoms with Crippen LogP contribution in [0.3, 0.4) is 0 Å². The summed E-state index contributed by atoms with van der Waals surface area (Å²) in [7, 11) is 0. The molecule has 1 aromatic carbocycles. The number of nitrogens with two attached hydrogens (primary N) is 1. The van der Waals surface area contributed by atoms with Crippen LogP contribution in [0.2, 0.25) is 0 Å². The fourth-order valence-corrected chi connectivity index (χ4v) is 3.69. The van der Waals surface area contributed by atoms with Crippen LogP contribution in [-0.4, -0.2) is 11.0 Å². The average molecular weight is 308 g/mol. The van der Waals surface area contributed by atoms with Crippen molar-refractivity contribution >= 4 is 10.9 Å². The van der Waals surface area contributed by atoms with Crippen LogP contribution in [0.1, 0.15) is 43.2 Å². The number of pyridine rings is 1. The highest BCUT2D eigenvalue weighted by atomic mass is 19.4. The second-order valence-corrected chi connectivity index (χ2v) is 6.37. The summed E-state index contributed by atoms with van der Waals surface area (Å²) < 4.78 is 39.5. The number of benzene rings is 1. The van der Waals surface area contributed by atoms with Crippen molar-refractivity contribution in [1.82, 2.24) is 4.98 Å². The summed E-state index contributed by atoms with van der Waals surface area (Å²) in [5.74, 6) is 0.690. The molecule has 1 saturated carbocycles. The van der Waals surface area contributed by atoms with Gasteiger partial charge in [-0.3, -0.25) is 4.98 Å². The van der Waals surface area contributed by atoms with E-state index in [-0.39, 0.29) is 17.5 Å².